The average molecular weight is 255 g/mol. The summed E-state index contributed by atoms with van der Waals surface area (Å²) in [5, 5.41) is 3.66. The summed E-state index contributed by atoms with van der Waals surface area (Å²) >= 11 is 0. The number of likely N-dealkylation sites (tertiary alicyclic amines) is 1. The van der Waals surface area contributed by atoms with Gasteiger partial charge in [0.05, 0.1) is 0 Å². The molecule has 0 aromatic rings. The minimum atomic E-state index is 0.666. The minimum absolute atomic E-state index is 0.666. The van der Waals surface area contributed by atoms with Gasteiger partial charge in [-0.3, -0.25) is 0 Å². The molecule has 0 radical (unpaired) electrons. The van der Waals surface area contributed by atoms with Crippen LogP contribution in [-0.2, 0) is 0 Å². The van der Waals surface area contributed by atoms with Crippen molar-refractivity contribution in [1.29, 1.82) is 0 Å². The molecule has 3 nitrogen and oxygen atoms in total. The monoisotopic (exact) mass is 255 g/mol. The smallest absolute Gasteiger partial charge is 0.0192 e. The highest BCUT2D eigenvalue weighted by molar-refractivity contribution is 4.80. The van der Waals surface area contributed by atoms with E-state index in [9.17, 15) is 0 Å². The van der Waals surface area contributed by atoms with Gasteiger partial charge >= 0.3 is 0 Å². The second kappa shape index (κ2) is 8.89. The van der Waals surface area contributed by atoms with Gasteiger partial charge in [0.25, 0.3) is 0 Å². The molecule has 1 heterocycles. The maximum Gasteiger partial charge on any atom is 0.0192 e. The summed E-state index contributed by atoms with van der Waals surface area (Å²) in [5.41, 5.74) is 0. The zero-order valence-corrected chi connectivity index (χ0v) is 12.9. The fourth-order valence-electron chi connectivity index (χ4n) is 2.86. The Balaban J connectivity index is 2.28. The molecule has 3 heteroatoms. The predicted molar refractivity (Wildman–Crippen MR) is 80.1 cm³/mol. The summed E-state index contributed by atoms with van der Waals surface area (Å²) in [4.78, 5) is 5.15. The molecule has 1 atom stereocenters. The first-order valence-corrected chi connectivity index (χ1v) is 7.87. The Morgan fingerprint density at radius 3 is 2.39 bits per heavy atom. The molecule has 1 unspecified atom stereocenters. The molecule has 1 aliphatic heterocycles. The molecule has 1 saturated heterocycles. The third-order valence-electron chi connectivity index (χ3n) is 4.31. The first-order valence-electron chi connectivity index (χ1n) is 7.87. The summed E-state index contributed by atoms with van der Waals surface area (Å²) in [5.74, 6) is 0. The van der Waals surface area contributed by atoms with Gasteiger partial charge in [-0.25, -0.2) is 0 Å². The number of nitrogens with zero attached hydrogens (tertiary/aromatic N) is 2. The van der Waals surface area contributed by atoms with Crippen molar-refractivity contribution in [3.63, 3.8) is 0 Å². The van der Waals surface area contributed by atoms with Crippen molar-refractivity contribution in [3.8, 4) is 0 Å². The number of likely N-dealkylation sites (N-methyl/N-ethyl adjacent to an activating group) is 1. The van der Waals surface area contributed by atoms with Gasteiger partial charge in [0.2, 0.25) is 0 Å². The Bertz CT molecular complexity index is 200. The van der Waals surface area contributed by atoms with E-state index in [2.05, 4.69) is 42.9 Å². The fourth-order valence-corrected chi connectivity index (χ4v) is 2.86. The van der Waals surface area contributed by atoms with Gasteiger partial charge in [-0.1, -0.05) is 20.8 Å². The van der Waals surface area contributed by atoms with E-state index in [1.165, 1.54) is 51.9 Å². The molecule has 1 N–H and O–H groups in total. The molecular formula is C15H33N3. The van der Waals surface area contributed by atoms with E-state index in [0.29, 0.717) is 6.04 Å². The predicted octanol–water partition coefficient (Wildman–Crippen LogP) is 2.18. The van der Waals surface area contributed by atoms with Crippen molar-refractivity contribution < 1.29 is 0 Å². The van der Waals surface area contributed by atoms with E-state index < -0.39 is 0 Å². The van der Waals surface area contributed by atoms with Crippen molar-refractivity contribution >= 4 is 0 Å². The van der Waals surface area contributed by atoms with E-state index in [4.69, 9.17) is 0 Å². The second-order valence-electron chi connectivity index (χ2n) is 5.66. The molecule has 108 valence electrons. The maximum atomic E-state index is 3.66. The van der Waals surface area contributed by atoms with Crippen molar-refractivity contribution in [3.05, 3.63) is 0 Å². The summed E-state index contributed by atoms with van der Waals surface area (Å²) in [6.07, 6.45) is 5.15. The summed E-state index contributed by atoms with van der Waals surface area (Å²) in [6, 6.07) is 1.46. The third-order valence-corrected chi connectivity index (χ3v) is 4.31. The summed E-state index contributed by atoms with van der Waals surface area (Å²) in [7, 11) is 2.31. The SMILES string of the molecule is CCCNC(CC)CN(C)C1CCN(CC)CC1. The molecular weight excluding hydrogens is 222 g/mol. The van der Waals surface area contributed by atoms with Crippen LogP contribution in [0.3, 0.4) is 0 Å². The average Bonchev–Trinajstić information content (AvgIpc) is 2.43. The van der Waals surface area contributed by atoms with Crippen LogP contribution >= 0.6 is 0 Å². The lowest BCUT2D eigenvalue weighted by Crippen LogP contribution is -2.48. The lowest BCUT2D eigenvalue weighted by Gasteiger charge is -2.37. The van der Waals surface area contributed by atoms with Gasteiger partial charge in [0.15, 0.2) is 0 Å². The van der Waals surface area contributed by atoms with Gasteiger partial charge in [0.1, 0.15) is 0 Å². The second-order valence-corrected chi connectivity index (χ2v) is 5.66. The molecule has 1 aliphatic rings. The molecule has 0 amide bonds. The summed E-state index contributed by atoms with van der Waals surface area (Å²) < 4.78 is 0. The van der Waals surface area contributed by atoms with Crippen molar-refractivity contribution in [2.75, 3.05) is 39.8 Å². The molecule has 0 spiro atoms. The van der Waals surface area contributed by atoms with Crippen LogP contribution in [0.1, 0.15) is 46.5 Å². The van der Waals surface area contributed by atoms with Crippen LogP contribution in [0, 0.1) is 0 Å². The van der Waals surface area contributed by atoms with Crippen LogP contribution in [0.4, 0.5) is 0 Å². The van der Waals surface area contributed by atoms with Gasteiger partial charge in [-0.2, -0.15) is 0 Å². The highest BCUT2D eigenvalue weighted by Gasteiger charge is 2.22. The molecule has 1 rings (SSSR count). The Morgan fingerprint density at radius 2 is 1.89 bits per heavy atom. The zero-order valence-electron chi connectivity index (χ0n) is 12.9. The van der Waals surface area contributed by atoms with Crippen LogP contribution in [0.25, 0.3) is 0 Å². The first kappa shape index (κ1) is 15.9. The molecule has 1 fully saturated rings. The highest BCUT2D eigenvalue weighted by Crippen LogP contribution is 2.15. The van der Waals surface area contributed by atoms with Gasteiger partial charge < -0.3 is 15.1 Å². The van der Waals surface area contributed by atoms with E-state index >= 15 is 0 Å². The molecule has 0 saturated carbocycles. The van der Waals surface area contributed by atoms with Crippen LogP contribution in [0.15, 0.2) is 0 Å². The van der Waals surface area contributed by atoms with E-state index in [1.54, 1.807) is 0 Å². The molecule has 18 heavy (non-hydrogen) atoms. The van der Waals surface area contributed by atoms with Crippen LogP contribution in [0.2, 0.25) is 0 Å². The topological polar surface area (TPSA) is 18.5 Å². The Morgan fingerprint density at radius 1 is 1.22 bits per heavy atom. The Hall–Kier alpha value is -0.120. The van der Waals surface area contributed by atoms with Crippen molar-refractivity contribution in [1.82, 2.24) is 15.1 Å². The largest absolute Gasteiger partial charge is 0.313 e. The van der Waals surface area contributed by atoms with Crippen molar-refractivity contribution in [2.45, 2.75) is 58.5 Å². The van der Waals surface area contributed by atoms with Crippen LogP contribution < -0.4 is 5.32 Å². The maximum absolute atomic E-state index is 3.66. The standard InChI is InChI=1S/C15H33N3/c1-5-10-16-14(6-2)13-17(4)15-8-11-18(7-3)12-9-15/h14-16H,5-13H2,1-4H3. The van der Waals surface area contributed by atoms with Gasteiger partial charge in [0, 0.05) is 18.6 Å². The lowest BCUT2D eigenvalue weighted by atomic mass is 10.0. The number of hydrogen-bond acceptors (Lipinski definition) is 3. The van der Waals surface area contributed by atoms with E-state index in [-0.39, 0.29) is 0 Å². The van der Waals surface area contributed by atoms with Gasteiger partial charge in [-0.05, 0) is 58.9 Å². The fraction of sp³-hybridized carbons (Fsp3) is 1.00. The first-order chi connectivity index (χ1) is 8.71. The number of rotatable bonds is 8. The lowest BCUT2D eigenvalue weighted by molar-refractivity contribution is 0.122. The molecule has 0 aromatic heterocycles. The number of piperidine rings is 1. The van der Waals surface area contributed by atoms with Crippen molar-refractivity contribution in [2.24, 2.45) is 0 Å². The highest BCUT2D eigenvalue weighted by atomic mass is 15.2. The van der Waals surface area contributed by atoms with E-state index in [1.807, 2.05) is 0 Å². The number of nitrogens with one attached hydrogen (secondary N) is 1. The van der Waals surface area contributed by atoms with E-state index in [0.717, 1.165) is 12.6 Å². The normalized spacial score (nSPS) is 20.5. The van der Waals surface area contributed by atoms with Crippen LogP contribution in [-0.4, -0.2) is 61.7 Å². The van der Waals surface area contributed by atoms with Gasteiger partial charge in [-0.15, -0.1) is 0 Å². The number of hydrogen-bond donors (Lipinski definition) is 1. The Labute approximate surface area is 114 Å². The molecule has 0 bridgehead atoms. The third kappa shape index (κ3) is 5.25. The molecule has 0 aliphatic carbocycles. The quantitative estimate of drug-likeness (QED) is 0.717. The summed E-state index contributed by atoms with van der Waals surface area (Å²) in [6.45, 7) is 12.9. The van der Waals surface area contributed by atoms with Crippen LogP contribution in [0.5, 0.6) is 0 Å². The molecule has 0 aromatic carbocycles. The zero-order chi connectivity index (χ0) is 13.4. The Kier molecular flexibility index (Phi) is 7.87. The minimum Gasteiger partial charge on any atom is -0.313 e.